The van der Waals surface area contributed by atoms with Crippen LogP contribution < -0.4 is 4.74 Å². The van der Waals surface area contributed by atoms with Crippen LogP contribution in [0.25, 0.3) is 22.0 Å². The molecular weight excluding hydrogens is 460 g/mol. The van der Waals surface area contributed by atoms with Crippen LogP contribution in [-0.2, 0) is 12.3 Å². The van der Waals surface area contributed by atoms with E-state index in [0.29, 0.717) is 12.6 Å². The molecule has 5 nitrogen and oxygen atoms in total. The molecule has 1 fully saturated rings. The summed E-state index contributed by atoms with van der Waals surface area (Å²) in [5.41, 5.74) is 4.48. The first-order valence-electron chi connectivity index (χ1n) is 11.6. The van der Waals surface area contributed by atoms with Crippen molar-refractivity contribution in [1.82, 2.24) is 19.7 Å². The molecule has 2 heterocycles. The van der Waals surface area contributed by atoms with E-state index in [1.54, 1.807) is 23.1 Å². The molecule has 0 radical (unpaired) electrons. The van der Waals surface area contributed by atoms with Crippen molar-refractivity contribution >= 4 is 23.1 Å². The van der Waals surface area contributed by atoms with Gasteiger partial charge in [-0.25, -0.2) is 4.98 Å². The number of allylic oxidation sites excluding steroid dienone is 1. The molecule has 0 unspecified atom stereocenters. The van der Waals surface area contributed by atoms with Gasteiger partial charge in [-0.15, -0.1) is 28.1 Å². The van der Waals surface area contributed by atoms with Gasteiger partial charge in [-0.2, -0.15) is 0 Å². The number of nitrogens with zero attached hydrogens (tertiary/aromatic N) is 4. The second-order valence-electron chi connectivity index (χ2n) is 8.55. The number of ether oxygens (including phenoxy) is 1. The number of hydrogen-bond acceptors (Lipinski definition) is 6. The number of hydrogen-bond donors (Lipinski definition) is 0. The zero-order chi connectivity index (χ0) is 23.3. The number of aryl methyl sites for hydroxylation is 1. The van der Waals surface area contributed by atoms with Gasteiger partial charge in [0.2, 0.25) is 0 Å². The molecule has 34 heavy (non-hydrogen) atoms. The third-order valence-electron chi connectivity index (χ3n) is 5.95. The molecule has 1 saturated carbocycles. The van der Waals surface area contributed by atoms with Crippen LogP contribution >= 0.6 is 23.1 Å². The second-order valence-corrected chi connectivity index (χ2v) is 10.4. The van der Waals surface area contributed by atoms with Crippen molar-refractivity contribution in [3.8, 4) is 27.7 Å². The quantitative estimate of drug-likeness (QED) is 0.184. The van der Waals surface area contributed by atoms with Crippen LogP contribution in [0.4, 0.5) is 0 Å². The van der Waals surface area contributed by atoms with Gasteiger partial charge in [0.15, 0.2) is 11.0 Å². The molecule has 5 rings (SSSR count). The van der Waals surface area contributed by atoms with E-state index in [2.05, 4.69) is 70.0 Å². The summed E-state index contributed by atoms with van der Waals surface area (Å²) in [7, 11) is 0. The Labute approximate surface area is 208 Å². The lowest BCUT2D eigenvalue weighted by Crippen LogP contribution is -2.10. The molecule has 1 aliphatic carbocycles. The molecule has 2 aromatic carbocycles. The van der Waals surface area contributed by atoms with Crippen LogP contribution in [0, 0.1) is 6.92 Å². The Hall–Kier alpha value is -2.90. The average molecular weight is 489 g/mol. The fourth-order valence-electron chi connectivity index (χ4n) is 4.12. The third kappa shape index (κ3) is 5.26. The lowest BCUT2D eigenvalue weighted by atomic mass is 10.2. The monoisotopic (exact) mass is 488 g/mol. The molecule has 0 bridgehead atoms. The minimum atomic E-state index is 0.357. The van der Waals surface area contributed by atoms with Crippen molar-refractivity contribution in [2.24, 2.45) is 0 Å². The first-order valence-corrected chi connectivity index (χ1v) is 13.5. The number of rotatable bonds is 9. The van der Waals surface area contributed by atoms with E-state index in [1.807, 2.05) is 18.2 Å². The maximum atomic E-state index is 6.11. The van der Waals surface area contributed by atoms with Crippen LogP contribution in [0.5, 0.6) is 5.75 Å². The predicted molar refractivity (Wildman–Crippen MR) is 140 cm³/mol. The largest absolute Gasteiger partial charge is 0.490 e. The molecule has 4 aromatic rings. The Morgan fingerprint density at radius 1 is 1.06 bits per heavy atom. The summed E-state index contributed by atoms with van der Waals surface area (Å²) in [4.78, 5) is 4.82. The van der Waals surface area contributed by atoms with E-state index in [9.17, 15) is 0 Å². The molecule has 174 valence electrons. The van der Waals surface area contributed by atoms with Crippen LogP contribution in [0.2, 0.25) is 0 Å². The minimum absolute atomic E-state index is 0.357. The maximum Gasteiger partial charge on any atom is 0.192 e. The molecular formula is C27H28N4OS2. The SMILES string of the molecule is C=CCn1c(SCc2csc(-c3ccc(C)cc3)n2)nnc1-c1ccc(OC2CCCC2)cc1. The van der Waals surface area contributed by atoms with E-state index in [1.165, 1.54) is 18.4 Å². The number of thiazole rings is 1. The van der Waals surface area contributed by atoms with Gasteiger partial charge >= 0.3 is 0 Å². The van der Waals surface area contributed by atoms with E-state index in [4.69, 9.17) is 9.72 Å². The molecule has 0 N–H and O–H groups in total. The van der Waals surface area contributed by atoms with E-state index in [-0.39, 0.29) is 0 Å². The highest BCUT2D eigenvalue weighted by atomic mass is 32.2. The molecule has 7 heteroatoms. The van der Waals surface area contributed by atoms with Crippen LogP contribution in [0.3, 0.4) is 0 Å². The second kappa shape index (κ2) is 10.6. The van der Waals surface area contributed by atoms with Crippen LogP contribution in [0.1, 0.15) is 36.9 Å². The molecule has 1 aliphatic rings. The van der Waals surface area contributed by atoms with E-state index in [0.717, 1.165) is 57.2 Å². The van der Waals surface area contributed by atoms with Gasteiger partial charge in [-0.3, -0.25) is 4.57 Å². The van der Waals surface area contributed by atoms with Gasteiger partial charge in [-0.1, -0.05) is 47.7 Å². The average Bonchev–Trinajstić information content (AvgIpc) is 3.61. The summed E-state index contributed by atoms with van der Waals surface area (Å²) in [6, 6.07) is 16.7. The fraction of sp³-hybridized carbons (Fsp3) is 0.296. The van der Waals surface area contributed by atoms with Crippen molar-refractivity contribution in [3.63, 3.8) is 0 Å². The predicted octanol–water partition coefficient (Wildman–Crippen LogP) is 7.18. The highest BCUT2D eigenvalue weighted by molar-refractivity contribution is 7.98. The molecule has 0 amide bonds. The third-order valence-corrected chi connectivity index (χ3v) is 7.89. The zero-order valence-corrected chi connectivity index (χ0v) is 20.9. The Kier molecular flexibility index (Phi) is 7.11. The minimum Gasteiger partial charge on any atom is -0.490 e. The van der Waals surface area contributed by atoms with Gasteiger partial charge in [0, 0.05) is 28.8 Å². The van der Waals surface area contributed by atoms with Gasteiger partial charge in [0.25, 0.3) is 0 Å². The van der Waals surface area contributed by atoms with Gasteiger partial charge < -0.3 is 4.74 Å². The van der Waals surface area contributed by atoms with Crippen molar-refractivity contribution < 1.29 is 4.74 Å². The fourth-order valence-corrected chi connectivity index (χ4v) is 5.90. The van der Waals surface area contributed by atoms with Crippen LogP contribution in [-0.4, -0.2) is 25.9 Å². The van der Waals surface area contributed by atoms with Crippen LogP contribution in [0.15, 0.2) is 71.7 Å². The standard InChI is InChI=1S/C27H28N4OS2/c1-3-16-31-25(20-12-14-24(15-13-20)32-23-6-4-5-7-23)29-30-27(31)34-18-22-17-33-26(28-22)21-10-8-19(2)9-11-21/h3,8-15,17,23H,1,4-7,16,18H2,2H3. The Morgan fingerprint density at radius 3 is 2.53 bits per heavy atom. The number of thioether (sulfide) groups is 1. The molecule has 0 saturated heterocycles. The summed E-state index contributed by atoms with van der Waals surface area (Å²) in [6.07, 6.45) is 7.08. The summed E-state index contributed by atoms with van der Waals surface area (Å²) in [5, 5.41) is 13.0. The van der Waals surface area contributed by atoms with Gasteiger partial charge in [0.1, 0.15) is 10.8 Å². The number of aromatic nitrogens is 4. The summed E-state index contributed by atoms with van der Waals surface area (Å²) in [6.45, 7) is 6.67. The lowest BCUT2D eigenvalue weighted by molar-refractivity contribution is 0.210. The zero-order valence-electron chi connectivity index (χ0n) is 19.3. The first kappa shape index (κ1) is 22.9. The summed E-state index contributed by atoms with van der Waals surface area (Å²) >= 11 is 3.33. The maximum absolute atomic E-state index is 6.11. The van der Waals surface area contributed by atoms with Gasteiger partial charge in [0.05, 0.1) is 11.8 Å². The van der Waals surface area contributed by atoms with E-state index >= 15 is 0 Å². The van der Waals surface area contributed by atoms with Crippen molar-refractivity contribution in [2.45, 2.75) is 56.2 Å². The van der Waals surface area contributed by atoms with Gasteiger partial charge in [-0.05, 0) is 56.9 Å². The molecule has 0 aliphatic heterocycles. The topological polar surface area (TPSA) is 52.8 Å². The number of benzene rings is 2. The molecule has 0 atom stereocenters. The first-order chi connectivity index (χ1) is 16.7. The van der Waals surface area contributed by atoms with E-state index < -0.39 is 0 Å². The summed E-state index contributed by atoms with van der Waals surface area (Å²) in [5.74, 6) is 2.51. The lowest BCUT2D eigenvalue weighted by Gasteiger charge is -2.13. The highest BCUT2D eigenvalue weighted by Crippen LogP contribution is 2.31. The highest BCUT2D eigenvalue weighted by Gasteiger charge is 2.18. The Balaban J connectivity index is 1.28. The Bertz CT molecular complexity index is 1240. The van der Waals surface area contributed by atoms with Crippen molar-refractivity contribution in [2.75, 3.05) is 0 Å². The summed E-state index contributed by atoms with van der Waals surface area (Å²) < 4.78 is 8.22. The smallest absolute Gasteiger partial charge is 0.192 e. The molecule has 2 aromatic heterocycles. The van der Waals surface area contributed by atoms with Crippen molar-refractivity contribution in [3.05, 3.63) is 77.8 Å². The Morgan fingerprint density at radius 2 is 1.79 bits per heavy atom. The van der Waals surface area contributed by atoms with Crippen molar-refractivity contribution in [1.29, 1.82) is 0 Å². The molecule has 0 spiro atoms. The normalized spacial score (nSPS) is 13.9.